The Morgan fingerprint density at radius 3 is 2.37 bits per heavy atom. The molecule has 30 heavy (non-hydrogen) atoms. The molecular weight excluding hydrogens is 426 g/mol. The third kappa shape index (κ3) is 4.71. The third-order valence-electron chi connectivity index (χ3n) is 6.24. The predicted molar refractivity (Wildman–Crippen MR) is 113 cm³/mol. The molecule has 1 aromatic heterocycles. The number of ether oxygens (including phenoxy) is 1. The van der Waals surface area contributed by atoms with E-state index in [2.05, 4.69) is 5.32 Å². The molecule has 2 saturated heterocycles. The van der Waals surface area contributed by atoms with Gasteiger partial charge >= 0.3 is 0 Å². The number of rotatable bonds is 5. The van der Waals surface area contributed by atoms with E-state index in [1.807, 2.05) is 0 Å². The summed E-state index contributed by atoms with van der Waals surface area (Å²) >= 11 is 1.08. The van der Waals surface area contributed by atoms with Gasteiger partial charge in [-0.1, -0.05) is 12.8 Å². The first-order valence-corrected chi connectivity index (χ1v) is 13.0. The fourth-order valence-corrected chi connectivity index (χ4v) is 7.16. The van der Waals surface area contributed by atoms with Gasteiger partial charge in [-0.05, 0) is 31.7 Å². The Bertz CT molecular complexity index is 865. The van der Waals surface area contributed by atoms with Crippen LogP contribution in [-0.2, 0) is 19.6 Å². The van der Waals surface area contributed by atoms with E-state index >= 15 is 0 Å². The van der Waals surface area contributed by atoms with Crippen molar-refractivity contribution in [1.29, 1.82) is 0 Å². The highest BCUT2D eigenvalue weighted by Crippen LogP contribution is 2.29. The first-order chi connectivity index (χ1) is 14.4. The van der Waals surface area contributed by atoms with Gasteiger partial charge in [-0.2, -0.15) is 4.31 Å². The third-order valence-corrected chi connectivity index (χ3v) is 9.55. The molecule has 0 unspecified atom stereocenters. The number of piperidine rings is 1. The van der Waals surface area contributed by atoms with Crippen LogP contribution in [0.2, 0.25) is 0 Å². The average molecular weight is 456 g/mol. The number of hydrogen-bond donors (Lipinski definition) is 1. The molecule has 0 spiro atoms. The molecule has 8 nitrogen and oxygen atoms in total. The summed E-state index contributed by atoms with van der Waals surface area (Å²) < 4.78 is 33.0. The second-order valence-electron chi connectivity index (χ2n) is 8.23. The fourth-order valence-electron chi connectivity index (χ4n) is 4.39. The Hall–Kier alpha value is -1.49. The monoisotopic (exact) mass is 455 g/mol. The van der Waals surface area contributed by atoms with Gasteiger partial charge in [0, 0.05) is 43.5 Å². The van der Waals surface area contributed by atoms with Gasteiger partial charge < -0.3 is 15.0 Å². The van der Waals surface area contributed by atoms with Crippen molar-refractivity contribution in [2.75, 3.05) is 39.4 Å². The van der Waals surface area contributed by atoms with Crippen molar-refractivity contribution in [3.8, 4) is 0 Å². The highest BCUT2D eigenvalue weighted by atomic mass is 32.2. The molecule has 0 aromatic carbocycles. The van der Waals surface area contributed by atoms with E-state index in [0.717, 1.165) is 24.2 Å². The van der Waals surface area contributed by atoms with Crippen LogP contribution in [0.15, 0.2) is 15.7 Å². The maximum Gasteiger partial charge on any atom is 0.254 e. The lowest BCUT2D eigenvalue weighted by molar-refractivity contribution is -0.126. The molecular formula is C20H29N3O5S2. The van der Waals surface area contributed by atoms with Gasteiger partial charge in [-0.15, -0.1) is 11.3 Å². The van der Waals surface area contributed by atoms with Gasteiger partial charge in [0.2, 0.25) is 5.91 Å². The van der Waals surface area contributed by atoms with Crippen molar-refractivity contribution < 1.29 is 22.7 Å². The number of hydrogen-bond acceptors (Lipinski definition) is 6. The van der Waals surface area contributed by atoms with E-state index in [-0.39, 0.29) is 28.0 Å². The van der Waals surface area contributed by atoms with E-state index in [9.17, 15) is 18.0 Å². The van der Waals surface area contributed by atoms with E-state index in [1.165, 1.54) is 23.2 Å². The lowest BCUT2D eigenvalue weighted by Gasteiger charge is -2.30. The molecule has 1 aromatic rings. The second kappa shape index (κ2) is 9.33. The summed E-state index contributed by atoms with van der Waals surface area (Å²) in [5.41, 5.74) is 0.409. The molecule has 2 amide bonds. The van der Waals surface area contributed by atoms with Gasteiger partial charge in [-0.25, -0.2) is 8.42 Å². The zero-order chi connectivity index (χ0) is 21.1. The number of nitrogens with one attached hydrogen (secondary N) is 1. The number of thiophene rings is 1. The minimum absolute atomic E-state index is 0.0634. The van der Waals surface area contributed by atoms with Crippen molar-refractivity contribution >= 4 is 33.2 Å². The number of morpholine rings is 1. The highest BCUT2D eigenvalue weighted by Gasteiger charge is 2.34. The lowest BCUT2D eigenvalue weighted by atomic mass is 9.97. The van der Waals surface area contributed by atoms with E-state index in [0.29, 0.717) is 57.8 Å². The number of sulfonamides is 1. The van der Waals surface area contributed by atoms with E-state index in [4.69, 9.17) is 4.74 Å². The van der Waals surface area contributed by atoms with E-state index in [1.54, 1.807) is 10.3 Å². The summed E-state index contributed by atoms with van der Waals surface area (Å²) in [6.45, 7) is 2.71. The summed E-state index contributed by atoms with van der Waals surface area (Å²) in [7, 11) is -3.65. The molecule has 1 saturated carbocycles. The summed E-state index contributed by atoms with van der Waals surface area (Å²) in [6, 6.07) is 1.77. The molecule has 3 fully saturated rings. The Morgan fingerprint density at radius 1 is 1.03 bits per heavy atom. The van der Waals surface area contributed by atoms with Crippen molar-refractivity contribution in [2.24, 2.45) is 5.92 Å². The van der Waals surface area contributed by atoms with Crippen LogP contribution >= 0.6 is 11.3 Å². The summed E-state index contributed by atoms with van der Waals surface area (Å²) in [6.07, 6.45) is 5.48. The zero-order valence-corrected chi connectivity index (χ0v) is 18.7. The number of amides is 2. The van der Waals surface area contributed by atoms with Crippen molar-refractivity contribution in [3.63, 3.8) is 0 Å². The summed E-state index contributed by atoms with van der Waals surface area (Å²) in [5.74, 6) is -0.217. The standard InChI is InChI=1S/C20H29N3O5S2/c24-19(21-17-3-1-2-4-17)15-5-7-23(8-6-15)30(26,27)18-13-16(14-29-18)20(25)22-9-11-28-12-10-22/h13-15,17H,1-12H2,(H,21,24). The van der Waals surface area contributed by atoms with Gasteiger partial charge in [0.05, 0.1) is 18.8 Å². The van der Waals surface area contributed by atoms with Crippen molar-refractivity contribution in [2.45, 2.75) is 48.8 Å². The molecule has 0 atom stereocenters. The van der Waals surface area contributed by atoms with Crippen LogP contribution in [0.1, 0.15) is 48.9 Å². The first kappa shape index (κ1) is 21.7. The summed E-state index contributed by atoms with van der Waals surface area (Å²) in [5, 5.41) is 4.74. The van der Waals surface area contributed by atoms with Gasteiger partial charge in [0.25, 0.3) is 15.9 Å². The second-order valence-corrected chi connectivity index (χ2v) is 11.3. The molecule has 10 heteroatoms. The van der Waals surface area contributed by atoms with Crippen molar-refractivity contribution in [1.82, 2.24) is 14.5 Å². The molecule has 166 valence electrons. The number of nitrogens with zero attached hydrogens (tertiary/aromatic N) is 2. The maximum atomic E-state index is 13.0. The molecule has 4 rings (SSSR count). The molecule has 1 aliphatic carbocycles. The first-order valence-electron chi connectivity index (χ1n) is 10.7. The Kier molecular flexibility index (Phi) is 6.76. The summed E-state index contributed by atoms with van der Waals surface area (Å²) in [4.78, 5) is 26.8. The smallest absolute Gasteiger partial charge is 0.254 e. The predicted octanol–water partition coefficient (Wildman–Crippen LogP) is 1.68. The van der Waals surface area contributed by atoms with Crippen LogP contribution in [-0.4, -0.2) is 74.9 Å². The van der Waals surface area contributed by atoms with Gasteiger partial charge in [0.1, 0.15) is 4.21 Å². The van der Waals surface area contributed by atoms with Crippen LogP contribution in [0, 0.1) is 5.92 Å². The quantitative estimate of drug-likeness (QED) is 0.729. The van der Waals surface area contributed by atoms with Crippen LogP contribution in [0.3, 0.4) is 0 Å². The molecule has 1 N–H and O–H groups in total. The Balaban J connectivity index is 1.34. The molecule has 0 radical (unpaired) electrons. The highest BCUT2D eigenvalue weighted by molar-refractivity contribution is 7.91. The molecule has 2 aliphatic heterocycles. The average Bonchev–Trinajstić information content (AvgIpc) is 3.46. The SMILES string of the molecule is O=C(NC1CCCC1)C1CCN(S(=O)(=O)c2cc(C(=O)N3CCOCC3)cs2)CC1. The van der Waals surface area contributed by atoms with Crippen LogP contribution in [0.4, 0.5) is 0 Å². The Morgan fingerprint density at radius 2 is 1.70 bits per heavy atom. The fraction of sp³-hybridized carbons (Fsp3) is 0.700. The number of carbonyl (C=O) groups is 2. The minimum Gasteiger partial charge on any atom is -0.378 e. The Labute approximate surface area is 181 Å². The number of carbonyl (C=O) groups excluding carboxylic acids is 2. The molecule has 0 bridgehead atoms. The van der Waals surface area contributed by atoms with Crippen molar-refractivity contribution in [3.05, 3.63) is 17.0 Å². The molecule has 3 heterocycles. The lowest BCUT2D eigenvalue weighted by Crippen LogP contribution is -2.44. The largest absolute Gasteiger partial charge is 0.378 e. The topological polar surface area (TPSA) is 96.0 Å². The molecule has 3 aliphatic rings. The minimum atomic E-state index is -3.65. The van der Waals surface area contributed by atoms with Gasteiger partial charge in [0.15, 0.2) is 0 Å². The van der Waals surface area contributed by atoms with Gasteiger partial charge in [-0.3, -0.25) is 9.59 Å². The van der Waals surface area contributed by atoms with Crippen LogP contribution in [0.25, 0.3) is 0 Å². The van der Waals surface area contributed by atoms with E-state index < -0.39 is 10.0 Å². The zero-order valence-electron chi connectivity index (χ0n) is 17.0. The maximum absolute atomic E-state index is 13.0. The van der Waals surface area contributed by atoms with Crippen LogP contribution in [0.5, 0.6) is 0 Å². The van der Waals surface area contributed by atoms with Crippen LogP contribution < -0.4 is 5.32 Å². The normalized spacial score (nSPS) is 22.3.